The number of hydrogen-bond donors (Lipinski definition) is 1. The number of carbonyl (C=O) groups is 1. The number of Topliss-reactive ketones (excluding diaryl/α,β-unsaturated/α-hetero) is 1. The molecule has 2 aliphatic heterocycles. The lowest BCUT2D eigenvalue weighted by Crippen LogP contribution is -2.34. The van der Waals surface area contributed by atoms with Gasteiger partial charge in [-0.15, -0.1) is 0 Å². The summed E-state index contributed by atoms with van der Waals surface area (Å²) in [6.45, 7) is 7.20. The first-order valence-corrected chi connectivity index (χ1v) is 10.2. The number of anilines is 2. The Bertz CT molecular complexity index is 825. The molecule has 28 heavy (non-hydrogen) atoms. The average molecular weight is 384 g/mol. The van der Waals surface area contributed by atoms with E-state index in [1.807, 2.05) is 18.2 Å². The van der Waals surface area contributed by atoms with E-state index < -0.39 is 0 Å². The third-order valence-corrected chi connectivity index (χ3v) is 5.59. The molecule has 0 amide bonds. The molecule has 1 aromatic heterocycles. The number of ketones is 1. The van der Waals surface area contributed by atoms with Gasteiger partial charge < -0.3 is 19.5 Å². The van der Waals surface area contributed by atoms with E-state index in [1.165, 1.54) is 6.42 Å². The molecule has 2 aliphatic rings. The topological polar surface area (TPSA) is 80.5 Å². The van der Waals surface area contributed by atoms with Gasteiger partial charge in [0.1, 0.15) is 5.75 Å². The van der Waals surface area contributed by atoms with Crippen molar-refractivity contribution < 1.29 is 14.1 Å². The van der Waals surface area contributed by atoms with Gasteiger partial charge >= 0.3 is 6.01 Å². The fourth-order valence-electron chi connectivity index (χ4n) is 3.83. The van der Waals surface area contributed by atoms with Gasteiger partial charge in [-0.3, -0.25) is 4.79 Å². The van der Waals surface area contributed by atoms with Crippen molar-refractivity contribution in [1.82, 2.24) is 10.1 Å². The van der Waals surface area contributed by atoms with Gasteiger partial charge in [0.2, 0.25) is 5.78 Å². The molecular formula is C21H28N4O3. The van der Waals surface area contributed by atoms with Crippen LogP contribution in [0.5, 0.6) is 5.75 Å². The average Bonchev–Trinajstić information content (AvgIpc) is 3.33. The highest BCUT2D eigenvalue weighted by Gasteiger charge is 2.23. The molecule has 7 heteroatoms. The van der Waals surface area contributed by atoms with Crippen LogP contribution in [0.25, 0.3) is 0 Å². The van der Waals surface area contributed by atoms with E-state index in [4.69, 9.17) is 9.26 Å². The molecule has 0 bridgehead atoms. The van der Waals surface area contributed by atoms with Gasteiger partial charge in [0, 0.05) is 37.3 Å². The van der Waals surface area contributed by atoms with Gasteiger partial charge in [-0.05, 0) is 43.7 Å². The van der Waals surface area contributed by atoms with Crippen molar-refractivity contribution in [1.29, 1.82) is 0 Å². The highest BCUT2D eigenvalue weighted by molar-refractivity contribution is 6.02. The minimum atomic E-state index is 0.0638. The number of piperidine rings is 1. The number of nitrogens with zero attached hydrogens (tertiary/aromatic N) is 3. The number of hydrogen-bond acceptors (Lipinski definition) is 7. The second kappa shape index (κ2) is 8.20. The van der Waals surface area contributed by atoms with Gasteiger partial charge in [0.05, 0.1) is 5.56 Å². The van der Waals surface area contributed by atoms with E-state index in [0.717, 1.165) is 56.3 Å². The van der Waals surface area contributed by atoms with E-state index in [-0.39, 0.29) is 12.4 Å². The molecule has 4 rings (SSSR count). The van der Waals surface area contributed by atoms with Crippen molar-refractivity contribution in [2.24, 2.45) is 5.92 Å². The summed E-state index contributed by atoms with van der Waals surface area (Å²) < 4.78 is 10.8. The molecule has 0 radical (unpaired) electrons. The minimum Gasteiger partial charge on any atom is -0.485 e. The van der Waals surface area contributed by atoms with Crippen LogP contribution in [-0.4, -0.2) is 42.2 Å². The van der Waals surface area contributed by atoms with Crippen LogP contribution in [0.1, 0.15) is 61.6 Å². The number of aromatic nitrogens is 2. The number of benzene rings is 1. The van der Waals surface area contributed by atoms with Crippen molar-refractivity contribution in [3.8, 4) is 5.75 Å². The Morgan fingerprint density at radius 3 is 2.86 bits per heavy atom. The fourth-order valence-corrected chi connectivity index (χ4v) is 3.83. The Kier molecular flexibility index (Phi) is 5.50. The van der Waals surface area contributed by atoms with Gasteiger partial charge in [-0.1, -0.05) is 19.0 Å². The normalized spacial score (nSPS) is 17.1. The monoisotopic (exact) mass is 384 g/mol. The van der Waals surface area contributed by atoms with Crippen LogP contribution in [0.15, 0.2) is 22.7 Å². The predicted molar refractivity (Wildman–Crippen MR) is 107 cm³/mol. The lowest BCUT2D eigenvalue weighted by molar-refractivity contribution is 0.0961. The third kappa shape index (κ3) is 4.13. The van der Waals surface area contributed by atoms with Gasteiger partial charge in [-0.2, -0.15) is 4.98 Å². The second-order valence-corrected chi connectivity index (χ2v) is 8.01. The maximum absolute atomic E-state index is 11.6. The lowest BCUT2D eigenvalue weighted by atomic mass is 9.92. The van der Waals surface area contributed by atoms with Crippen molar-refractivity contribution >= 4 is 17.5 Å². The first-order valence-electron chi connectivity index (χ1n) is 10.2. The molecule has 0 atom stereocenters. The zero-order valence-corrected chi connectivity index (χ0v) is 16.6. The molecule has 1 fully saturated rings. The molecule has 0 spiro atoms. The summed E-state index contributed by atoms with van der Waals surface area (Å²) in [5.41, 5.74) is 1.71. The van der Waals surface area contributed by atoms with E-state index in [0.29, 0.717) is 23.2 Å². The molecule has 0 unspecified atom stereocenters. The maximum Gasteiger partial charge on any atom is 0.324 e. The van der Waals surface area contributed by atoms with Crippen LogP contribution in [0.4, 0.5) is 11.7 Å². The van der Waals surface area contributed by atoms with Crippen molar-refractivity contribution in [3.05, 3.63) is 29.6 Å². The zero-order valence-electron chi connectivity index (χ0n) is 16.6. The molecule has 1 saturated heterocycles. The second-order valence-electron chi connectivity index (χ2n) is 8.01. The standard InChI is InChI=1S/C21H28N4O3/c1-14(2)20-23-21(28-24-20)25-10-7-15(8-11-25)4-3-9-22-16-5-6-17-18(26)13-27-19(17)12-16/h5-6,12,14-15,22H,3-4,7-11,13H2,1-2H3. The quantitative estimate of drug-likeness (QED) is 0.726. The summed E-state index contributed by atoms with van der Waals surface area (Å²) in [6, 6.07) is 6.40. The Balaban J connectivity index is 1.17. The smallest absolute Gasteiger partial charge is 0.324 e. The van der Waals surface area contributed by atoms with Crippen molar-refractivity contribution in [3.63, 3.8) is 0 Å². The van der Waals surface area contributed by atoms with Gasteiger partial charge in [0.25, 0.3) is 0 Å². The van der Waals surface area contributed by atoms with E-state index in [9.17, 15) is 4.79 Å². The van der Waals surface area contributed by atoms with E-state index >= 15 is 0 Å². The molecule has 7 nitrogen and oxygen atoms in total. The molecule has 0 saturated carbocycles. The number of rotatable bonds is 7. The van der Waals surface area contributed by atoms with Crippen LogP contribution in [-0.2, 0) is 0 Å². The summed E-state index contributed by atoms with van der Waals surface area (Å²) >= 11 is 0. The number of fused-ring (bicyclic) bond motifs is 1. The van der Waals surface area contributed by atoms with Crippen LogP contribution >= 0.6 is 0 Å². The summed E-state index contributed by atoms with van der Waals surface area (Å²) in [5.74, 6) is 2.58. The Hall–Kier alpha value is -2.57. The zero-order chi connectivity index (χ0) is 19.5. The van der Waals surface area contributed by atoms with Crippen LogP contribution in [0.2, 0.25) is 0 Å². The third-order valence-electron chi connectivity index (χ3n) is 5.59. The van der Waals surface area contributed by atoms with Crippen LogP contribution in [0, 0.1) is 5.92 Å². The van der Waals surface area contributed by atoms with Gasteiger partial charge in [0.15, 0.2) is 12.4 Å². The summed E-state index contributed by atoms with van der Waals surface area (Å²) in [5, 5.41) is 7.50. The molecule has 3 heterocycles. The maximum atomic E-state index is 11.6. The molecular weight excluding hydrogens is 356 g/mol. The number of carbonyl (C=O) groups excluding carboxylic acids is 1. The fraction of sp³-hybridized carbons (Fsp3) is 0.571. The first-order chi connectivity index (χ1) is 13.6. The molecule has 2 aromatic rings. The minimum absolute atomic E-state index is 0.0638. The number of ether oxygens (including phenoxy) is 1. The molecule has 1 aromatic carbocycles. The highest BCUT2D eigenvalue weighted by Crippen LogP contribution is 2.29. The summed E-state index contributed by atoms with van der Waals surface area (Å²) in [7, 11) is 0. The van der Waals surface area contributed by atoms with Crippen molar-refractivity contribution in [2.45, 2.75) is 45.4 Å². The lowest BCUT2D eigenvalue weighted by Gasteiger charge is -2.30. The summed E-state index contributed by atoms with van der Waals surface area (Å²) in [6.07, 6.45) is 4.66. The summed E-state index contributed by atoms with van der Waals surface area (Å²) in [4.78, 5) is 18.3. The SMILES string of the molecule is CC(C)c1noc(N2CCC(CCCNc3ccc4c(c3)OCC4=O)CC2)n1. The first kappa shape index (κ1) is 18.8. The van der Waals surface area contributed by atoms with Crippen LogP contribution < -0.4 is 15.0 Å². The number of nitrogens with one attached hydrogen (secondary N) is 1. The highest BCUT2D eigenvalue weighted by atomic mass is 16.5. The largest absolute Gasteiger partial charge is 0.485 e. The Morgan fingerprint density at radius 1 is 1.29 bits per heavy atom. The van der Waals surface area contributed by atoms with Gasteiger partial charge in [-0.25, -0.2) is 0 Å². The predicted octanol–water partition coefficient (Wildman–Crippen LogP) is 3.88. The van der Waals surface area contributed by atoms with E-state index in [1.54, 1.807) is 0 Å². The molecule has 150 valence electrons. The molecule has 0 aliphatic carbocycles. The Morgan fingerprint density at radius 2 is 2.11 bits per heavy atom. The molecule has 1 N–H and O–H groups in total. The van der Waals surface area contributed by atoms with Crippen molar-refractivity contribution in [2.75, 3.05) is 36.5 Å². The van der Waals surface area contributed by atoms with Crippen LogP contribution in [0.3, 0.4) is 0 Å². The Labute approximate surface area is 165 Å². The van der Waals surface area contributed by atoms with E-state index in [2.05, 4.69) is 34.2 Å².